The Hall–Kier alpha value is -3.23. The number of amides is 1. The molecule has 0 saturated carbocycles. The first-order chi connectivity index (χ1) is 15.7. The second-order valence-corrected chi connectivity index (χ2v) is 9.77. The molecule has 1 aliphatic rings. The molecular weight excluding hydrogens is 464 g/mol. The van der Waals surface area contributed by atoms with Crippen molar-refractivity contribution in [3.63, 3.8) is 0 Å². The molecule has 33 heavy (non-hydrogen) atoms. The van der Waals surface area contributed by atoms with E-state index in [1.165, 1.54) is 18.2 Å². The Morgan fingerprint density at radius 3 is 2.39 bits per heavy atom. The van der Waals surface area contributed by atoms with Crippen molar-refractivity contribution in [3.8, 4) is 11.5 Å². The Bertz CT molecular complexity index is 1290. The number of ether oxygens (including phenoxy) is 2. The van der Waals surface area contributed by atoms with Crippen LogP contribution in [0, 0.1) is 6.92 Å². The quantitative estimate of drug-likeness (QED) is 0.526. The molecule has 0 bridgehead atoms. The van der Waals surface area contributed by atoms with Crippen LogP contribution in [0.25, 0.3) is 0 Å². The van der Waals surface area contributed by atoms with Crippen LogP contribution in [0.5, 0.6) is 11.5 Å². The Balaban J connectivity index is 1.53. The maximum Gasteiger partial charge on any atom is 0.263 e. The smallest absolute Gasteiger partial charge is 0.263 e. The zero-order valence-corrected chi connectivity index (χ0v) is 19.7. The molecule has 0 aromatic heterocycles. The highest BCUT2D eigenvalue weighted by atomic mass is 35.5. The number of halogens is 1. The van der Waals surface area contributed by atoms with Crippen LogP contribution in [0.2, 0.25) is 5.02 Å². The zero-order chi connectivity index (χ0) is 23.6. The number of aryl methyl sites for hydroxylation is 1. The number of anilines is 1. The van der Waals surface area contributed by atoms with E-state index in [0.717, 1.165) is 11.1 Å². The van der Waals surface area contributed by atoms with Crippen LogP contribution in [-0.4, -0.2) is 27.5 Å². The van der Waals surface area contributed by atoms with E-state index in [1.54, 1.807) is 30.3 Å². The highest BCUT2D eigenvalue weighted by molar-refractivity contribution is 7.92. The van der Waals surface area contributed by atoms with Crippen LogP contribution in [-0.2, 0) is 10.0 Å². The van der Waals surface area contributed by atoms with Gasteiger partial charge in [-0.15, -0.1) is 0 Å². The SMILES string of the molecule is Cc1ccc(NS(=O)(=O)c2cc(C(=O)N[C@H](C)c3ccc4c(c3)OCCO4)ccc2Cl)cc1. The molecule has 0 unspecified atom stereocenters. The van der Waals surface area contributed by atoms with Crippen LogP contribution < -0.4 is 19.5 Å². The summed E-state index contributed by atoms with van der Waals surface area (Å²) in [7, 11) is -4.00. The van der Waals surface area contributed by atoms with Crippen molar-refractivity contribution in [2.75, 3.05) is 17.9 Å². The topological polar surface area (TPSA) is 93.7 Å². The van der Waals surface area contributed by atoms with Gasteiger partial charge in [-0.2, -0.15) is 0 Å². The molecule has 3 aromatic carbocycles. The van der Waals surface area contributed by atoms with Crippen LogP contribution in [0.1, 0.15) is 34.5 Å². The molecule has 1 amide bonds. The van der Waals surface area contributed by atoms with E-state index >= 15 is 0 Å². The summed E-state index contributed by atoms with van der Waals surface area (Å²) < 4.78 is 39.4. The maximum atomic E-state index is 12.9. The first-order valence-corrected chi connectivity index (χ1v) is 12.2. The second-order valence-electron chi connectivity index (χ2n) is 7.71. The summed E-state index contributed by atoms with van der Waals surface area (Å²) in [5.41, 5.74) is 2.41. The molecule has 1 atom stereocenters. The van der Waals surface area contributed by atoms with Crippen molar-refractivity contribution in [3.05, 3.63) is 82.4 Å². The highest BCUT2D eigenvalue weighted by Gasteiger charge is 2.22. The Kier molecular flexibility index (Phi) is 6.49. The molecule has 1 aliphatic heterocycles. The number of fused-ring (bicyclic) bond motifs is 1. The van der Waals surface area contributed by atoms with Crippen molar-refractivity contribution in [2.24, 2.45) is 0 Å². The molecule has 4 rings (SSSR count). The molecule has 2 N–H and O–H groups in total. The molecule has 3 aromatic rings. The first-order valence-electron chi connectivity index (χ1n) is 10.3. The fourth-order valence-corrected chi connectivity index (χ4v) is 4.96. The van der Waals surface area contributed by atoms with E-state index in [-0.39, 0.29) is 21.5 Å². The summed E-state index contributed by atoms with van der Waals surface area (Å²) in [6.45, 7) is 4.70. The molecule has 9 heteroatoms. The van der Waals surface area contributed by atoms with Crippen molar-refractivity contribution in [1.82, 2.24) is 5.32 Å². The Labute approximate surface area is 197 Å². The van der Waals surface area contributed by atoms with Gasteiger partial charge in [0.15, 0.2) is 11.5 Å². The predicted molar refractivity (Wildman–Crippen MR) is 127 cm³/mol. The summed E-state index contributed by atoms with van der Waals surface area (Å²) in [5, 5.41) is 2.90. The fourth-order valence-electron chi connectivity index (χ4n) is 3.37. The minimum Gasteiger partial charge on any atom is -0.486 e. The molecule has 1 heterocycles. The Morgan fingerprint density at radius 2 is 1.67 bits per heavy atom. The van der Waals surface area contributed by atoms with E-state index in [0.29, 0.717) is 30.4 Å². The summed E-state index contributed by atoms with van der Waals surface area (Å²) in [6.07, 6.45) is 0. The van der Waals surface area contributed by atoms with Gasteiger partial charge in [0.2, 0.25) is 0 Å². The Morgan fingerprint density at radius 1 is 0.970 bits per heavy atom. The second kappa shape index (κ2) is 9.33. The number of benzene rings is 3. The predicted octanol–water partition coefficient (Wildman–Crippen LogP) is 4.71. The van der Waals surface area contributed by atoms with Crippen LogP contribution in [0.4, 0.5) is 5.69 Å². The fraction of sp³-hybridized carbons (Fsp3) is 0.208. The van der Waals surface area contributed by atoms with Crippen LogP contribution in [0.3, 0.4) is 0 Å². The van der Waals surface area contributed by atoms with Gasteiger partial charge in [0.1, 0.15) is 18.1 Å². The number of hydrogen-bond acceptors (Lipinski definition) is 5. The van der Waals surface area contributed by atoms with Crippen molar-refractivity contribution in [2.45, 2.75) is 24.8 Å². The third-order valence-corrected chi connectivity index (χ3v) is 7.06. The van der Waals surface area contributed by atoms with Gasteiger partial charge < -0.3 is 14.8 Å². The van der Waals surface area contributed by atoms with E-state index in [4.69, 9.17) is 21.1 Å². The summed E-state index contributed by atoms with van der Waals surface area (Å²) in [5.74, 6) is 0.861. The molecule has 0 radical (unpaired) electrons. The van der Waals surface area contributed by atoms with Crippen LogP contribution >= 0.6 is 11.6 Å². The largest absolute Gasteiger partial charge is 0.486 e. The average molecular weight is 487 g/mol. The third-order valence-electron chi connectivity index (χ3n) is 5.20. The van der Waals surface area contributed by atoms with Gasteiger partial charge in [-0.05, 0) is 61.9 Å². The van der Waals surface area contributed by atoms with Crippen molar-refractivity contribution >= 4 is 33.2 Å². The van der Waals surface area contributed by atoms with Gasteiger partial charge >= 0.3 is 0 Å². The standard InChI is InChI=1S/C24H23ClN2O5S/c1-15-3-7-19(8-4-15)27-33(29,30)23-14-18(5-9-20(23)25)24(28)26-16(2)17-6-10-21-22(13-17)32-12-11-31-21/h3-10,13-14,16,27H,11-12H2,1-2H3,(H,26,28)/t16-/m1/s1. The van der Waals surface area contributed by atoms with Crippen LogP contribution in [0.15, 0.2) is 65.6 Å². The summed E-state index contributed by atoms with van der Waals surface area (Å²) >= 11 is 6.17. The number of nitrogens with one attached hydrogen (secondary N) is 2. The van der Waals surface area contributed by atoms with E-state index in [9.17, 15) is 13.2 Å². The van der Waals surface area contributed by atoms with Crippen molar-refractivity contribution < 1.29 is 22.7 Å². The van der Waals surface area contributed by atoms with Gasteiger partial charge in [-0.3, -0.25) is 9.52 Å². The molecule has 172 valence electrons. The van der Waals surface area contributed by atoms with Gasteiger partial charge in [0.05, 0.1) is 11.1 Å². The maximum absolute atomic E-state index is 12.9. The number of carbonyl (C=O) groups is 1. The average Bonchev–Trinajstić information content (AvgIpc) is 2.80. The molecule has 0 saturated heterocycles. The third kappa shape index (κ3) is 5.23. The number of carbonyl (C=O) groups excluding carboxylic acids is 1. The van der Waals surface area contributed by atoms with E-state index in [2.05, 4.69) is 10.0 Å². The van der Waals surface area contributed by atoms with E-state index in [1.807, 2.05) is 26.0 Å². The molecule has 7 nitrogen and oxygen atoms in total. The summed E-state index contributed by atoms with van der Waals surface area (Å²) in [6, 6.07) is 16.2. The monoisotopic (exact) mass is 486 g/mol. The lowest BCUT2D eigenvalue weighted by Gasteiger charge is -2.21. The van der Waals surface area contributed by atoms with Crippen molar-refractivity contribution in [1.29, 1.82) is 0 Å². The number of sulfonamides is 1. The molecule has 0 fully saturated rings. The molecule has 0 spiro atoms. The lowest BCUT2D eigenvalue weighted by molar-refractivity contribution is 0.0939. The van der Waals surface area contributed by atoms with Gasteiger partial charge in [0, 0.05) is 11.3 Å². The zero-order valence-electron chi connectivity index (χ0n) is 18.1. The lowest BCUT2D eigenvalue weighted by Crippen LogP contribution is -2.27. The van der Waals surface area contributed by atoms with Gasteiger partial charge in [-0.1, -0.05) is 35.4 Å². The minimum absolute atomic E-state index is 0.0195. The first kappa shape index (κ1) is 22.9. The highest BCUT2D eigenvalue weighted by Crippen LogP contribution is 2.33. The normalized spacial score (nSPS) is 13.8. The number of rotatable bonds is 6. The molecule has 0 aliphatic carbocycles. The molecular formula is C24H23ClN2O5S. The van der Waals surface area contributed by atoms with Gasteiger partial charge in [0.25, 0.3) is 15.9 Å². The summed E-state index contributed by atoms with van der Waals surface area (Å²) in [4.78, 5) is 12.7. The minimum atomic E-state index is -4.00. The number of hydrogen-bond donors (Lipinski definition) is 2. The lowest BCUT2D eigenvalue weighted by atomic mass is 10.1. The van der Waals surface area contributed by atoms with E-state index < -0.39 is 15.9 Å². The van der Waals surface area contributed by atoms with Gasteiger partial charge in [-0.25, -0.2) is 8.42 Å².